The number of rotatable bonds is 8. The third kappa shape index (κ3) is 4.66. The van der Waals surface area contributed by atoms with Gasteiger partial charge in [0.1, 0.15) is 4.90 Å². The Bertz CT molecular complexity index is 941. The number of hydrazone groups is 1. The predicted octanol–water partition coefficient (Wildman–Crippen LogP) is 2.86. The van der Waals surface area contributed by atoms with Crippen LogP contribution in [0.15, 0.2) is 52.6 Å². The second kappa shape index (κ2) is 8.69. The molecule has 1 aromatic carbocycles. The molecule has 0 radical (unpaired) electrons. The van der Waals surface area contributed by atoms with E-state index in [1.807, 2.05) is 6.07 Å². The van der Waals surface area contributed by atoms with Crippen molar-refractivity contribution in [1.82, 2.24) is 9.29 Å². The minimum atomic E-state index is -3.92. The molecule has 0 aliphatic carbocycles. The SMILES string of the molecule is CCN(CC)S(=O)(=O)c1cc([N+](=O)[O-])ccc1N/N=C(\C)c1ccccn1. The van der Waals surface area contributed by atoms with Crippen molar-refractivity contribution in [3.63, 3.8) is 0 Å². The van der Waals surface area contributed by atoms with Crippen molar-refractivity contribution in [2.24, 2.45) is 5.10 Å². The van der Waals surface area contributed by atoms with E-state index in [0.29, 0.717) is 11.4 Å². The van der Waals surface area contributed by atoms with Crippen LogP contribution in [0.25, 0.3) is 0 Å². The Morgan fingerprint density at radius 2 is 1.96 bits per heavy atom. The highest BCUT2D eigenvalue weighted by atomic mass is 32.2. The number of pyridine rings is 1. The van der Waals surface area contributed by atoms with Gasteiger partial charge >= 0.3 is 0 Å². The van der Waals surface area contributed by atoms with Crippen molar-refractivity contribution in [2.45, 2.75) is 25.7 Å². The molecule has 1 aromatic heterocycles. The molecule has 0 unspecified atom stereocenters. The number of hydrogen-bond donors (Lipinski definition) is 1. The van der Waals surface area contributed by atoms with Gasteiger partial charge < -0.3 is 0 Å². The summed E-state index contributed by atoms with van der Waals surface area (Å²) < 4.78 is 27.0. The van der Waals surface area contributed by atoms with Crippen molar-refractivity contribution in [3.8, 4) is 0 Å². The number of nitrogens with zero attached hydrogens (tertiary/aromatic N) is 4. The molecule has 0 fully saturated rings. The molecule has 2 rings (SSSR count). The maximum Gasteiger partial charge on any atom is 0.270 e. The van der Waals surface area contributed by atoms with Gasteiger partial charge in [-0.2, -0.15) is 9.41 Å². The van der Waals surface area contributed by atoms with E-state index in [1.165, 1.54) is 16.4 Å². The zero-order valence-corrected chi connectivity index (χ0v) is 16.1. The number of nitro groups is 1. The van der Waals surface area contributed by atoms with E-state index in [4.69, 9.17) is 0 Å². The van der Waals surface area contributed by atoms with E-state index in [9.17, 15) is 18.5 Å². The van der Waals surface area contributed by atoms with E-state index in [2.05, 4.69) is 15.5 Å². The Hall–Kier alpha value is -2.85. The van der Waals surface area contributed by atoms with E-state index in [0.717, 1.165) is 6.07 Å². The molecule has 0 atom stereocenters. The van der Waals surface area contributed by atoms with Crippen molar-refractivity contribution < 1.29 is 13.3 Å². The van der Waals surface area contributed by atoms with Gasteiger partial charge in [-0.3, -0.25) is 20.5 Å². The summed E-state index contributed by atoms with van der Waals surface area (Å²) in [5.74, 6) is 0. The summed E-state index contributed by atoms with van der Waals surface area (Å²) in [5.41, 5.74) is 3.72. The minimum Gasteiger partial charge on any atom is -0.277 e. The maximum atomic E-state index is 12.9. The van der Waals surface area contributed by atoms with Crippen LogP contribution in [0.3, 0.4) is 0 Å². The topological polar surface area (TPSA) is 118 Å². The summed E-state index contributed by atoms with van der Waals surface area (Å²) in [7, 11) is -3.92. The van der Waals surface area contributed by atoms with Crippen LogP contribution in [0.2, 0.25) is 0 Å². The van der Waals surface area contributed by atoms with Crippen LogP contribution in [0.5, 0.6) is 0 Å². The fourth-order valence-electron chi connectivity index (χ4n) is 2.41. The van der Waals surface area contributed by atoms with Crippen LogP contribution in [0.4, 0.5) is 11.4 Å². The second-order valence-electron chi connectivity index (χ2n) is 5.55. The molecule has 0 saturated heterocycles. The summed E-state index contributed by atoms with van der Waals surface area (Å²) in [4.78, 5) is 14.4. The number of sulfonamides is 1. The molecule has 0 aliphatic rings. The molecule has 27 heavy (non-hydrogen) atoms. The third-order valence-corrected chi connectivity index (χ3v) is 5.97. The normalized spacial score (nSPS) is 12.2. The second-order valence-corrected chi connectivity index (χ2v) is 7.46. The summed E-state index contributed by atoms with van der Waals surface area (Å²) >= 11 is 0. The summed E-state index contributed by atoms with van der Waals surface area (Å²) in [6.07, 6.45) is 1.62. The van der Waals surface area contributed by atoms with Gasteiger partial charge in [-0.25, -0.2) is 8.42 Å². The Morgan fingerprint density at radius 3 is 2.52 bits per heavy atom. The van der Waals surface area contributed by atoms with E-state index in [1.54, 1.807) is 39.1 Å². The number of non-ortho nitro benzene ring substituents is 1. The summed E-state index contributed by atoms with van der Waals surface area (Å²) in [5, 5.41) is 15.3. The number of benzene rings is 1. The van der Waals surface area contributed by atoms with Gasteiger partial charge in [0.05, 0.1) is 22.0 Å². The standard InChI is InChI=1S/C17H21N5O4S/c1-4-21(5-2)27(25,26)17-12-14(22(23)24)9-10-16(17)20-19-13(3)15-8-6-7-11-18-15/h6-12,20H,4-5H2,1-3H3/b19-13+. The average molecular weight is 391 g/mol. The molecule has 0 spiro atoms. The van der Waals surface area contributed by atoms with Gasteiger partial charge in [0.15, 0.2) is 0 Å². The van der Waals surface area contributed by atoms with Crippen LogP contribution in [0.1, 0.15) is 26.5 Å². The third-order valence-electron chi connectivity index (χ3n) is 3.88. The highest BCUT2D eigenvalue weighted by Gasteiger charge is 2.27. The molecule has 0 amide bonds. The fourth-order valence-corrected chi connectivity index (χ4v) is 4.03. The minimum absolute atomic E-state index is 0.155. The first kappa shape index (κ1) is 20.5. The zero-order chi connectivity index (χ0) is 20.0. The number of nitrogens with one attached hydrogen (secondary N) is 1. The number of aromatic nitrogens is 1. The Morgan fingerprint density at radius 1 is 1.26 bits per heavy atom. The lowest BCUT2D eigenvalue weighted by molar-refractivity contribution is -0.385. The lowest BCUT2D eigenvalue weighted by Gasteiger charge is -2.20. The number of anilines is 1. The summed E-state index contributed by atoms with van der Waals surface area (Å²) in [6, 6.07) is 8.96. The van der Waals surface area contributed by atoms with E-state index < -0.39 is 14.9 Å². The first-order chi connectivity index (χ1) is 12.8. The van der Waals surface area contributed by atoms with Crippen LogP contribution in [0, 0.1) is 10.1 Å². The molecular formula is C17H21N5O4S. The molecule has 1 N–H and O–H groups in total. The molecule has 144 valence electrons. The molecule has 0 saturated carbocycles. The molecule has 0 bridgehead atoms. The number of hydrogen-bond acceptors (Lipinski definition) is 7. The molecular weight excluding hydrogens is 370 g/mol. The average Bonchev–Trinajstić information content (AvgIpc) is 2.67. The van der Waals surface area contributed by atoms with Gasteiger partial charge in [-0.05, 0) is 25.1 Å². The van der Waals surface area contributed by atoms with Crippen LogP contribution in [-0.2, 0) is 10.0 Å². The van der Waals surface area contributed by atoms with Crippen LogP contribution in [-0.4, -0.2) is 41.4 Å². The Balaban J connectivity index is 2.49. The molecule has 0 aliphatic heterocycles. The monoisotopic (exact) mass is 391 g/mol. The van der Waals surface area contributed by atoms with Crippen molar-refractivity contribution in [3.05, 3.63) is 58.4 Å². The Labute approximate surface area is 157 Å². The molecule has 2 aromatic rings. The predicted molar refractivity (Wildman–Crippen MR) is 103 cm³/mol. The molecule has 1 heterocycles. The maximum absolute atomic E-state index is 12.9. The lowest BCUT2D eigenvalue weighted by Crippen LogP contribution is -2.31. The smallest absolute Gasteiger partial charge is 0.270 e. The van der Waals surface area contributed by atoms with Gasteiger partial charge in [0.2, 0.25) is 10.0 Å². The van der Waals surface area contributed by atoms with Crippen molar-refractivity contribution >= 4 is 27.1 Å². The molecule has 10 heteroatoms. The van der Waals surface area contributed by atoms with Gasteiger partial charge in [-0.15, -0.1) is 0 Å². The lowest BCUT2D eigenvalue weighted by atomic mass is 10.2. The number of nitro benzene ring substituents is 1. The Kier molecular flexibility index (Phi) is 6.59. The van der Waals surface area contributed by atoms with Gasteiger partial charge in [0.25, 0.3) is 5.69 Å². The van der Waals surface area contributed by atoms with E-state index in [-0.39, 0.29) is 29.4 Å². The van der Waals surface area contributed by atoms with Crippen LogP contribution < -0.4 is 5.43 Å². The van der Waals surface area contributed by atoms with Crippen LogP contribution >= 0.6 is 0 Å². The first-order valence-corrected chi connectivity index (χ1v) is 9.75. The van der Waals surface area contributed by atoms with E-state index >= 15 is 0 Å². The zero-order valence-electron chi connectivity index (χ0n) is 15.3. The largest absolute Gasteiger partial charge is 0.277 e. The summed E-state index contributed by atoms with van der Waals surface area (Å²) in [6.45, 7) is 5.62. The van der Waals surface area contributed by atoms with Gasteiger partial charge in [-0.1, -0.05) is 19.9 Å². The molecule has 9 nitrogen and oxygen atoms in total. The van der Waals surface area contributed by atoms with Gasteiger partial charge in [0, 0.05) is 31.4 Å². The first-order valence-electron chi connectivity index (χ1n) is 8.31. The fraction of sp³-hybridized carbons (Fsp3) is 0.294. The van der Waals surface area contributed by atoms with Crippen molar-refractivity contribution in [2.75, 3.05) is 18.5 Å². The highest BCUT2D eigenvalue weighted by molar-refractivity contribution is 7.89. The highest BCUT2D eigenvalue weighted by Crippen LogP contribution is 2.29. The quantitative estimate of drug-likeness (QED) is 0.420. The van der Waals surface area contributed by atoms with Crippen molar-refractivity contribution in [1.29, 1.82) is 0 Å².